The molecule has 4 nitrogen and oxygen atoms in total. The Morgan fingerprint density at radius 2 is 2.00 bits per heavy atom. The van der Waals surface area contributed by atoms with Crippen molar-refractivity contribution in [1.29, 1.82) is 0 Å². The summed E-state index contributed by atoms with van der Waals surface area (Å²) in [5.41, 5.74) is 6.57. The van der Waals surface area contributed by atoms with Gasteiger partial charge in [-0.1, -0.05) is 15.9 Å². The topological polar surface area (TPSA) is 63.4 Å². The van der Waals surface area contributed by atoms with Crippen LogP contribution in [0.3, 0.4) is 0 Å². The first-order valence-corrected chi connectivity index (χ1v) is 6.45. The van der Waals surface area contributed by atoms with E-state index < -0.39 is 10.0 Å². The van der Waals surface area contributed by atoms with E-state index in [1.54, 1.807) is 18.2 Å². The third-order valence-corrected chi connectivity index (χ3v) is 3.51. The van der Waals surface area contributed by atoms with Crippen LogP contribution in [-0.2, 0) is 10.0 Å². The summed E-state index contributed by atoms with van der Waals surface area (Å²) in [6.07, 6.45) is 1.13. The fourth-order valence-corrected chi connectivity index (χ4v) is 1.83. The first kappa shape index (κ1) is 11.3. The van der Waals surface area contributed by atoms with Crippen LogP contribution in [-0.4, -0.2) is 21.7 Å². The fourth-order valence-electron chi connectivity index (χ4n) is 0.968. The third-order valence-electron chi connectivity index (χ3n) is 1.83. The highest BCUT2D eigenvalue weighted by atomic mass is 79.9. The summed E-state index contributed by atoms with van der Waals surface area (Å²) >= 11 is 3.25. The molecular formula is C8H11BrN2O2S. The Labute approximate surface area is 91.9 Å². The lowest BCUT2D eigenvalue weighted by Crippen LogP contribution is -2.25. The van der Waals surface area contributed by atoms with E-state index in [0.29, 0.717) is 11.4 Å². The van der Waals surface area contributed by atoms with Crippen LogP contribution in [0.1, 0.15) is 0 Å². The Bertz CT molecular complexity index is 445. The van der Waals surface area contributed by atoms with Gasteiger partial charge in [-0.05, 0) is 18.2 Å². The number of nitrogens with two attached hydrogens (primary N) is 1. The molecule has 0 radical (unpaired) electrons. The number of anilines is 2. The van der Waals surface area contributed by atoms with Gasteiger partial charge in [-0.25, -0.2) is 8.42 Å². The molecule has 1 aromatic rings. The number of hydrogen-bond acceptors (Lipinski definition) is 3. The number of rotatable bonds is 2. The molecular weight excluding hydrogens is 268 g/mol. The zero-order chi connectivity index (χ0) is 10.9. The van der Waals surface area contributed by atoms with E-state index >= 15 is 0 Å². The molecule has 2 N–H and O–H groups in total. The molecule has 1 rings (SSSR count). The highest BCUT2D eigenvalue weighted by molar-refractivity contribution is 9.10. The number of hydrogen-bond donors (Lipinski definition) is 1. The van der Waals surface area contributed by atoms with E-state index in [0.717, 1.165) is 15.0 Å². The first-order chi connectivity index (χ1) is 6.32. The maximum atomic E-state index is 11.3. The van der Waals surface area contributed by atoms with Crippen molar-refractivity contribution >= 4 is 37.3 Å². The molecule has 0 aliphatic carbocycles. The van der Waals surface area contributed by atoms with E-state index in [-0.39, 0.29) is 0 Å². The van der Waals surface area contributed by atoms with Crippen LogP contribution in [0.25, 0.3) is 0 Å². The summed E-state index contributed by atoms with van der Waals surface area (Å²) in [5.74, 6) is 0. The van der Waals surface area contributed by atoms with Crippen molar-refractivity contribution in [2.45, 2.75) is 0 Å². The molecule has 6 heteroatoms. The summed E-state index contributed by atoms with van der Waals surface area (Å²) in [6.45, 7) is 0. The summed E-state index contributed by atoms with van der Waals surface area (Å²) in [7, 11) is -1.80. The van der Waals surface area contributed by atoms with Crippen LogP contribution >= 0.6 is 15.9 Å². The van der Waals surface area contributed by atoms with Gasteiger partial charge in [0.1, 0.15) is 0 Å². The maximum Gasteiger partial charge on any atom is 0.232 e. The molecule has 0 atom stereocenters. The third kappa shape index (κ3) is 2.39. The quantitative estimate of drug-likeness (QED) is 0.833. The largest absolute Gasteiger partial charge is 0.397 e. The average molecular weight is 279 g/mol. The summed E-state index contributed by atoms with van der Waals surface area (Å²) in [4.78, 5) is 0. The molecule has 0 heterocycles. The Kier molecular flexibility index (Phi) is 3.06. The maximum absolute atomic E-state index is 11.3. The Morgan fingerprint density at radius 3 is 2.50 bits per heavy atom. The molecule has 0 unspecified atom stereocenters. The SMILES string of the molecule is CN(c1cc(Br)ccc1N)S(C)(=O)=O. The molecule has 0 aliphatic heterocycles. The first-order valence-electron chi connectivity index (χ1n) is 3.81. The molecule has 0 aromatic heterocycles. The number of benzene rings is 1. The lowest BCUT2D eigenvalue weighted by Gasteiger charge is -2.18. The number of nitrogens with zero attached hydrogens (tertiary/aromatic N) is 1. The van der Waals surface area contributed by atoms with E-state index in [4.69, 9.17) is 5.73 Å². The lowest BCUT2D eigenvalue weighted by molar-refractivity contribution is 0.600. The van der Waals surface area contributed by atoms with Gasteiger partial charge in [0, 0.05) is 11.5 Å². The minimum Gasteiger partial charge on any atom is -0.397 e. The van der Waals surface area contributed by atoms with Crippen molar-refractivity contribution < 1.29 is 8.42 Å². The van der Waals surface area contributed by atoms with Crippen LogP contribution < -0.4 is 10.0 Å². The zero-order valence-corrected chi connectivity index (χ0v) is 10.3. The summed E-state index contributed by atoms with van der Waals surface area (Å²) in [6, 6.07) is 5.08. The normalized spacial score (nSPS) is 11.4. The second-order valence-electron chi connectivity index (χ2n) is 2.93. The average Bonchev–Trinajstić information content (AvgIpc) is 2.06. The van der Waals surface area contributed by atoms with Gasteiger partial charge in [0.15, 0.2) is 0 Å². The van der Waals surface area contributed by atoms with Crippen molar-refractivity contribution in [2.24, 2.45) is 0 Å². The van der Waals surface area contributed by atoms with Gasteiger partial charge in [0.25, 0.3) is 0 Å². The second kappa shape index (κ2) is 3.78. The lowest BCUT2D eigenvalue weighted by atomic mass is 10.3. The van der Waals surface area contributed by atoms with Crippen LogP contribution in [0.5, 0.6) is 0 Å². The highest BCUT2D eigenvalue weighted by Gasteiger charge is 2.14. The molecule has 0 bridgehead atoms. The monoisotopic (exact) mass is 278 g/mol. The Balaban J connectivity index is 3.26. The molecule has 78 valence electrons. The van der Waals surface area contributed by atoms with E-state index in [1.165, 1.54) is 7.05 Å². The van der Waals surface area contributed by atoms with E-state index in [1.807, 2.05) is 0 Å². The standard InChI is InChI=1S/C8H11BrN2O2S/c1-11(14(2,12)13)8-5-6(9)3-4-7(8)10/h3-5H,10H2,1-2H3. The van der Waals surface area contributed by atoms with Crippen molar-refractivity contribution in [2.75, 3.05) is 23.3 Å². The number of sulfonamides is 1. The van der Waals surface area contributed by atoms with Crippen molar-refractivity contribution in [1.82, 2.24) is 0 Å². The van der Waals surface area contributed by atoms with Crippen molar-refractivity contribution in [3.05, 3.63) is 22.7 Å². The van der Waals surface area contributed by atoms with E-state index in [9.17, 15) is 8.42 Å². The fraction of sp³-hybridized carbons (Fsp3) is 0.250. The predicted molar refractivity (Wildman–Crippen MR) is 61.8 cm³/mol. The van der Waals surface area contributed by atoms with Crippen LogP contribution in [0.2, 0.25) is 0 Å². The molecule has 0 aliphatic rings. The number of halogens is 1. The molecule has 0 saturated heterocycles. The second-order valence-corrected chi connectivity index (χ2v) is 5.86. The molecule has 0 saturated carbocycles. The highest BCUT2D eigenvalue weighted by Crippen LogP contribution is 2.27. The Morgan fingerprint density at radius 1 is 1.43 bits per heavy atom. The van der Waals surface area contributed by atoms with Gasteiger partial charge in [-0.3, -0.25) is 4.31 Å². The predicted octanol–water partition coefficient (Wildman–Crippen LogP) is 1.43. The van der Waals surface area contributed by atoms with Crippen LogP contribution in [0.4, 0.5) is 11.4 Å². The van der Waals surface area contributed by atoms with E-state index in [2.05, 4.69) is 15.9 Å². The molecule has 0 amide bonds. The molecule has 0 spiro atoms. The summed E-state index contributed by atoms with van der Waals surface area (Å²) in [5, 5.41) is 0. The molecule has 1 aromatic carbocycles. The van der Waals surface area contributed by atoms with Gasteiger partial charge in [-0.15, -0.1) is 0 Å². The summed E-state index contributed by atoms with van der Waals surface area (Å²) < 4.78 is 24.4. The van der Waals surface area contributed by atoms with Crippen molar-refractivity contribution in [3.63, 3.8) is 0 Å². The van der Waals surface area contributed by atoms with Gasteiger partial charge in [-0.2, -0.15) is 0 Å². The smallest absolute Gasteiger partial charge is 0.232 e. The molecule has 0 fully saturated rings. The van der Waals surface area contributed by atoms with Crippen LogP contribution in [0, 0.1) is 0 Å². The van der Waals surface area contributed by atoms with Gasteiger partial charge in [0.2, 0.25) is 10.0 Å². The van der Waals surface area contributed by atoms with Gasteiger partial charge < -0.3 is 5.73 Å². The van der Waals surface area contributed by atoms with Crippen molar-refractivity contribution in [3.8, 4) is 0 Å². The number of nitrogen functional groups attached to an aromatic ring is 1. The minimum absolute atomic E-state index is 0.432. The zero-order valence-electron chi connectivity index (χ0n) is 7.86. The molecule has 14 heavy (non-hydrogen) atoms. The van der Waals surface area contributed by atoms with Gasteiger partial charge >= 0.3 is 0 Å². The minimum atomic E-state index is -3.26. The Hall–Kier alpha value is -0.750. The van der Waals surface area contributed by atoms with Gasteiger partial charge in [0.05, 0.1) is 17.6 Å². The van der Waals surface area contributed by atoms with Crippen LogP contribution in [0.15, 0.2) is 22.7 Å².